The first kappa shape index (κ1) is 8.28. The SMILES string of the molecule is CCC1CCC[Si](C)(C)O1. The van der Waals surface area contributed by atoms with E-state index in [1.807, 2.05) is 0 Å². The molecular formula is C8H18OSi. The summed E-state index contributed by atoms with van der Waals surface area (Å²) in [4.78, 5) is 0. The van der Waals surface area contributed by atoms with Crippen molar-refractivity contribution in [2.45, 2.75) is 51.4 Å². The molecule has 0 aliphatic carbocycles. The molecule has 0 amide bonds. The molecule has 0 aromatic rings. The van der Waals surface area contributed by atoms with Crippen molar-refractivity contribution < 1.29 is 4.43 Å². The lowest BCUT2D eigenvalue weighted by Crippen LogP contribution is -2.39. The fraction of sp³-hybridized carbons (Fsp3) is 1.00. The summed E-state index contributed by atoms with van der Waals surface area (Å²) < 4.78 is 5.96. The summed E-state index contributed by atoms with van der Waals surface area (Å²) in [5.74, 6) is 0. The van der Waals surface area contributed by atoms with Crippen LogP contribution in [-0.4, -0.2) is 14.4 Å². The van der Waals surface area contributed by atoms with E-state index in [0.29, 0.717) is 6.10 Å². The van der Waals surface area contributed by atoms with E-state index < -0.39 is 8.32 Å². The minimum absolute atomic E-state index is 0.593. The molecule has 1 unspecified atom stereocenters. The minimum atomic E-state index is -1.17. The summed E-state index contributed by atoms with van der Waals surface area (Å²) in [7, 11) is -1.17. The Morgan fingerprint density at radius 3 is 2.60 bits per heavy atom. The maximum absolute atomic E-state index is 5.96. The van der Waals surface area contributed by atoms with Gasteiger partial charge < -0.3 is 4.43 Å². The number of hydrogen-bond donors (Lipinski definition) is 0. The van der Waals surface area contributed by atoms with Crippen molar-refractivity contribution in [2.75, 3.05) is 0 Å². The van der Waals surface area contributed by atoms with Gasteiger partial charge in [-0.15, -0.1) is 0 Å². The maximum atomic E-state index is 5.96. The summed E-state index contributed by atoms with van der Waals surface area (Å²) in [6, 6.07) is 1.36. The van der Waals surface area contributed by atoms with Crippen LogP contribution in [0.5, 0.6) is 0 Å². The highest BCUT2D eigenvalue weighted by Crippen LogP contribution is 2.26. The molecule has 0 N–H and O–H groups in total. The zero-order valence-corrected chi connectivity index (χ0v) is 8.31. The fourth-order valence-electron chi connectivity index (χ4n) is 1.61. The Kier molecular flexibility index (Phi) is 2.53. The number of hydrogen-bond acceptors (Lipinski definition) is 1. The van der Waals surface area contributed by atoms with Gasteiger partial charge in [-0.3, -0.25) is 0 Å². The molecule has 1 heterocycles. The lowest BCUT2D eigenvalue weighted by Gasteiger charge is -2.33. The van der Waals surface area contributed by atoms with E-state index in [-0.39, 0.29) is 0 Å². The quantitative estimate of drug-likeness (QED) is 0.533. The normalized spacial score (nSPS) is 32.1. The zero-order chi connectivity index (χ0) is 7.61. The van der Waals surface area contributed by atoms with Crippen LogP contribution in [0.25, 0.3) is 0 Å². The van der Waals surface area contributed by atoms with Crippen LogP contribution in [0.15, 0.2) is 0 Å². The van der Waals surface area contributed by atoms with Gasteiger partial charge in [-0.25, -0.2) is 0 Å². The van der Waals surface area contributed by atoms with Crippen LogP contribution < -0.4 is 0 Å². The third kappa shape index (κ3) is 2.10. The van der Waals surface area contributed by atoms with Crippen LogP contribution in [0.2, 0.25) is 19.1 Å². The summed E-state index contributed by atoms with van der Waals surface area (Å²) in [6.07, 6.45) is 4.50. The molecule has 1 nitrogen and oxygen atoms in total. The first-order chi connectivity index (χ1) is 4.64. The Morgan fingerprint density at radius 2 is 2.20 bits per heavy atom. The van der Waals surface area contributed by atoms with Gasteiger partial charge in [-0.1, -0.05) is 13.3 Å². The maximum Gasteiger partial charge on any atom is 0.187 e. The lowest BCUT2D eigenvalue weighted by atomic mass is 10.2. The molecule has 1 aliphatic rings. The highest BCUT2D eigenvalue weighted by Gasteiger charge is 2.29. The van der Waals surface area contributed by atoms with Crippen molar-refractivity contribution in [1.82, 2.24) is 0 Å². The minimum Gasteiger partial charge on any atom is -0.414 e. The molecule has 1 rings (SSSR count). The van der Waals surface area contributed by atoms with Crippen LogP contribution >= 0.6 is 0 Å². The highest BCUT2D eigenvalue weighted by molar-refractivity contribution is 6.71. The Bertz CT molecular complexity index is 112. The van der Waals surface area contributed by atoms with E-state index in [1.54, 1.807) is 0 Å². The molecule has 0 spiro atoms. The summed E-state index contributed by atoms with van der Waals surface area (Å²) >= 11 is 0. The van der Waals surface area contributed by atoms with Gasteiger partial charge in [0.1, 0.15) is 0 Å². The molecule has 1 saturated heterocycles. The Balaban J connectivity index is 2.40. The average Bonchev–Trinajstić information content (AvgIpc) is 1.86. The molecule has 0 saturated carbocycles. The predicted octanol–water partition coefficient (Wildman–Crippen LogP) is 2.78. The third-order valence-corrected chi connectivity index (χ3v) is 4.78. The smallest absolute Gasteiger partial charge is 0.187 e. The van der Waals surface area contributed by atoms with Crippen molar-refractivity contribution >= 4 is 8.32 Å². The summed E-state index contributed by atoms with van der Waals surface area (Å²) in [5, 5.41) is 0. The largest absolute Gasteiger partial charge is 0.414 e. The van der Waals surface area contributed by atoms with Crippen molar-refractivity contribution in [1.29, 1.82) is 0 Å². The van der Waals surface area contributed by atoms with Crippen LogP contribution in [-0.2, 0) is 4.43 Å². The van der Waals surface area contributed by atoms with Crippen LogP contribution in [0.1, 0.15) is 26.2 Å². The van der Waals surface area contributed by atoms with Gasteiger partial charge in [0.05, 0.1) is 0 Å². The van der Waals surface area contributed by atoms with Crippen molar-refractivity contribution in [3.63, 3.8) is 0 Å². The third-order valence-electron chi connectivity index (χ3n) is 2.25. The van der Waals surface area contributed by atoms with Crippen molar-refractivity contribution in [3.8, 4) is 0 Å². The lowest BCUT2D eigenvalue weighted by molar-refractivity contribution is 0.157. The molecule has 0 radical (unpaired) electrons. The van der Waals surface area contributed by atoms with E-state index in [0.717, 1.165) is 0 Å². The monoisotopic (exact) mass is 158 g/mol. The zero-order valence-electron chi connectivity index (χ0n) is 7.31. The highest BCUT2D eigenvalue weighted by atomic mass is 28.4. The molecule has 1 fully saturated rings. The van der Waals surface area contributed by atoms with Gasteiger partial charge in [0.2, 0.25) is 0 Å². The van der Waals surface area contributed by atoms with Gasteiger partial charge in [0.15, 0.2) is 8.32 Å². The van der Waals surface area contributed by atoms with Crippen LogP contribution in [0.4, 0.5) is 0 Å². The first-order valence-corrected chi connectivity index (χ1v) is 7.43. The molecule has 2 heteroatoms. The van der Waals surface area contributed by atoms with Crippen LogP contribution in [0.3, 0.4) is 0 Å². The van der Waals surface area contributed by atoms with Crippen LogP contribution in [0, 0.1) is 0 Å². The van der Waals surface area contributed by atoms with Gasteiger partial charge >= 0.3 is 0 Å². The van der Waals surface area contributed by atoms with Crippen molar-refractivity contribution in [3.05, 3.63) is 0 Å². The van der Waals surface area contributed by atoms with E-state index >= 15 is 0 Å². The molecule has 1 atom stereocenters. The Morgan fingerprint density at radius 1 is 1.50 bits per heavy atom. The second-order valence-corrected chi connectivity index (χ2v) is 8.06. The second kappa shape index (κ2) is 3.05. The topological polar surface area (TPSA) is 9.23 Å². The van der Waals surface area contributed by atoms with Crippen molar-refractivity contribution in [2.24, 2.45) is 0 Å². The van der Waals surface area contributed by atoms with Gasteiger partial charge in [0, 0.05) is 6.10 Å². The molecule has 0 aromatic heterocycles. The van der Waals surface area contributed by atoms with Gasteiger partial charge in [-0.05, 0) is 32.0 Å². The summed E-state index contributed by atoms with van der Waals surface area (Å²) in [6.45, 7) is 6.88. The molecule has 10 heavy (non-hydrogen) atoms. The molecule has 0 aromatic carbocycles. The predicted molar refractivity (Wildman–Crippen MR) is 46.7 cm³/mol. The average molecular weight is 158 g/mol. The Labute approximate surface area is 64.9 Å². The molecule has 60 valence electrons. The van der Waals surface area contributed by atoms with E-state index in [2.05, 4.69) is 20.0 Å². The molecule has 0 bridgehead atoms. The van der Waals surface area contributed by atoms with E-state index in [9.17, 15) is 0 Å². The summed E-state index contributed by atoms with van der Waals surface area (Å²) in [5.41, 5.74) is 0. The second-order valence-electron chi connectivity index (χ2n) is 3.80. The first-order valence-electron chi connectivity index (χ1n) is 4.32. The van der Waals surface area contributed by atoms with E-state index in [1.165, 1.54) is 25.3 Å². The molecule has 1 aliphatic heterocycles. The van der Waals surface area contributed by atoms with Gasteiger partial charge in [0.25, 0.3) is 0 Å². The standard InChI is InChI=1S/C8H18OSi/c1-4-8-6-5-7-10(2,3)9-8/h8H,4-7H2,1-3H3. The van der Waals surface area contributed by atoms with E-state index in [4.69, 9.17) is 4.43 Å². The number of rotatable bonds is 1. The fourth-order valence-corrected chi connectivity index (χ4v) is 3.97. The Hall–Kier alpha value is 0.177. The molecular weight excluding hydrogens is 140 g/mol. The van der Waals surface area contributed by atoms with Gasteiger partial charge in [-0.2, -0.15) is 0 Å².